The fraction of sp³-hybridized carbons (Fsp3) is 0.579. The average Bonchev–Trinajstić information content (AvgIpc) is 2.99. The van der Waals surface area contributed by atoms with Gasteiger partial charge >= 0.3 is 11.7 Å². The van der Waals surface area contributed by atoms with Gasteiger partial charge in [0.05, 0.1) is 0 Å². The van der Waals surface area contributed by atoms with Crippen molar-refractivity contribution >= 4 is 17.7 Å². The van der Waals surface area contributed by atoms with Gasteiger partial charge in [-0.25, -0.2) is 10.3 Å². The third-order valence-corrected chi connectivity index (χ3v) is 4.93. The number of unbranched alkanes of at least 4 members (excludes halogenated alkanes) is 3. The van der Waals surface area contributed by atoms with Crippen molar-refractivity contribution in [3.8, 4) is 12.3 Å². The smallest absolute Gasteiger partial charge is 0.351 e. The lowest BCUT2D eigenvalue weighted by molar-refractivity contribution is -0.151. The predicted octanol–water partition coefficient (Wildman–Crippen LogP) is -1.16. The second-order valence-electron chi connectivity index (χ2n) is 7.10. The highest BCUT2D eigenvalue weighted by atomic mass is 16.6. The minimum atomic E-state index is -2.20. The molecule has 1 aromatic heterocycles. The summed E-state index contributed by atoms with van der Waals surface area (Å²) in [7, 11) is 0. The second kappa shape index (κ2) is 10.9. The van der Waals surface area contributed by atoms with Crippen LogP contribution in [0.15, 0.2) is 17.1 Å². The Balaban J connectivity index is 1.86. The number of ether oxygens (including phenoxy) is 2. The lowest BCUT2D eigenvalue weighted by Crippen LogP contribution is -2.48. The van der Waals surface area contributed by atoms with Crippen molar-refractivity contribution in [3.63, 3.8) is 0 Å². The van der Waals surface area contributed by atoms with Gasteiger partial charge in [-0.15, -0.1) is 6.42 Å². The van der Waals surface area contributed by atoms with Crippen molar-refractivity contribution in [3.05, 3.63) is 22.7 Å². The first-order chi connectivity index (χ1) is 14.7. The Morgan fingerprint density at radius 1 is 1.35 bits per heavy atom. The normalized spacial score (nSPS) is 25.0. The molecule has 4 unspecified atom stereocenters. The predicted molar refractivity (Wildman–Crippen MR) is 105 cm³/mol. The van der Waals surface area contributed by atoms with Gasteiger partial charge < -0.3 is 25.4 Å². The topological polar surface area (TPSA) is 186 Å². The van der Waals surface area contributed by atoms with E-state index in [1.54, 1.807) is 5.48 Å². The molecule has 1 saturated heterocycles. The first kappa shape index (κ1) is 24.3. The van der Waals surface area contributed by atoms with Crippen LogP contribution < -0.4 is 16.9 Å². The van der Waals surface area contributed by atoms with Crippen LogP contribution in [0.5, 0.6) is 0 Å². The minimum Gasteiger partial charge on any atom is -0.463 e. The number of esters is 1. The number of nitrogens with one attached hydrogen (secondary N) is 1. The first-order valence-electron chi connectivity index (χ1n) is 9.69. The highest BCUT2D eigenvalue weighted by Gasteiger charge is 2.56. The zero-order valence-corrected chi connectivity index (χ0v) is 16.8. The molecule has 2 heterocycles. The van der Waals surface area contributed by atoms with Crippen molar-refractivity contribution in [1.29, 1.82) is 0 Å². The highest BCUT2D eigenvalue weighted by Crippen LogP contribution is 2.36. The summed E-state index contributed by atoms with van der Waals surface area (Å²) >= 11 is 0. The summed E-state index contributed by atoms with van der Waals surface area (Å²) < 4.78 is 11.6. The van der Waals surface area contributed by atoms with Crippen LogP contribution in [0.3, 0.4) is 0 Å². The fourth-order valence-electron chi connectivity index (χ4n) is 3.14. The van der Waals surface area contributed by atoms with Crippen LogP contribution in [0.1, 0.15) is 44.8 Å². The molecule has 6 N–H and O–H groups in total. The number of rotatable bonds is 10. The summed E-state index contributed by atoms with van der Waals surface area (Å²) in [6.45, 7) is -0.430. The van der Waals surface area contributed by atoms with Crippen LogP contribution in [0.4, 0.5) is 5.82 Å². The van der Waals surface area contributed by atoms with Gasteiger partial charge in [0, 0.05) is 19.0 Å². The summed E-state index contributed by atoms with van der Waals surface area (Å²) in [6.07, 6.45) is 5.07. The van der Waals surface area contributed by atoms with Gasteiger partial charge in [-0.2, -0.15) is 4.98 Å². The van der Waals surface area contributed by atoms with Gasteiger partial charge in [0.1, 0.15) is 24.6 Å². The van der Waals surface area contributed by atoms with Gasteiger partial charge in [-0.05, 0) is 18.9 Å². The third kappa shape index (κ3) is 6.02. The minimum absolute atomic E-state index is 0.0249. The number of nitrogens with zero attached hydrogens (tertiary/aromatic N) is 2. The quantitative estimate of drug-likeness (QED) is 0.0980. The maximum atomic E-state index is 12.0. The van der Waals surface area contributed by atoms with Crippen LogP contribution in [-0.4, -0.2) is 61.3 Å². The molecule has 0 aromatic carbocycles. The molecule has 1 aromatic rings. The standard InChI is InChI=1S/C19H26N4O8/c1-2-19(28)12(11-30-15(25)8-6-4-3-5-7-14(24)22-29)31-17(16(19)26)23-10-9-13(20)21-18(23)27/h1,9-10,12,16-17,26,28-29H,3-8,11H2,(H,22,24)(H2,20,21,27). The molecule has 0 saturated carbocycles. The third-order valence-electron chi connectivity index (χ3n) is 4.93. The van der Waals surface area contributed by atoms with Crippen LogP contribution >= 0.6 is 0 Å². The number of nitrogen functional groups attached to an aromatic ring is 1. The van der Waals surface area contributed by atoms with Crippen molar-refractivity contribution in [2.24, 2.45) is 0 Å². The van der Waals surface area contributed by atoms with E-state index < -0.39 is 48.2 Å². The number of hydrogen-bond acceptors (Lipinski definition) is 10. The molecule has 1 amide bonds. The van der Waals surface area contributed by atoms with Crippen molar-refractivity contribution in [2.45, 2.75) is 62.6 Å². The molecular formula is C19H26N4O8. The van der Waals surface area contributed by atoms with Gasteiger partial charge in [0.15, 0.2) is 11.8 Å². The Bertz CT molecular complexity index is 882. The van der Waals surface area contributed by atoms with E-state index in [1.165, 1.54) is 12.3 Å². The Kier molecular flexibility index (Phi) is 8.52. The molecule has 0 radical (unpaired) electrons. The highest BCUT2D eigenvalue weighted by molar-refractivity contribution is 5.74. The molecule has 4 atom stereocenters. The van der Waals surface area contributed by atoms with Crippen molar-refractivity contribution in [1.82, 2.24) is 15.0 Å². The van der Waals surface area contributed by atoms with E-state index in [4.69, 9.17) is 26.8 Å². The number of terminal acetylenes is 1. The largest absolute Gasteiger partial charge is 0.463 e. The molecule has 1 aliphatic heterocycles. The lowest BCUT2D eigenvalue weighted by atomic mass is 9.93. The summed E-state index contributed by atoms with van der Waals surface area (Å²) in [5.41, 5.74) is 3.98. The van der Waals surface area contributed by atoms with Crippen LogP contribution in [-0.2, 0) is 19.1 Å². The number of carbonyl (C=O) groups excluding carboxylic acids is 2. The number of amides is 1. The van der Waals surface area contributed by atoms with Crippen LogP contribution in [0.25, 0.3) is 0 Å². The summed E-state index contributed by atoms with van der Waals surface area (Å²) in [5.74, 6) is 1.01. The number of aliphatic hydroxyl groups excluding tert-OH is 1. The van der Waals surface area contributed by atoms with E-state index >= 15 is 0 Å². The molecule has 12 heteroatoms. The SMILES string of the molecule is C#CC1(O)C(COC(=O)CCCCCCC(=O)NO)OC(n2ccc(N)nc2=O)C1O. The molecule has 12 nitrogen and oxygen atoms in total. The summed E-state index contributed by atoms with van der Waals surface area (Å²) in [4.78, 5) is 38.4. The van der Waals surface area contributed by atoms with E-state index in [-0.39, 0.29) is 18.7 Å². The Labute approximate surface area is 177 Å². The van der Waals surface area contributed by atoms with E-state index in [2.05, 4.69) is 10.9 Å². The summed E-state index contributed by atoms with van der Waals surface area (Å²) in [6, 6.07) is 1.32. The molecule has 0 spiro atoms. The average molecular weight is 438 g/mol. The molecule has 1 fully saturated rings. The molecular weight excluding hydrogens is 412 g/mol. The Morgan fingerprint density at radius 2 is 2.03 bits per heavy atom. The number of aromatic nitrogens is 2. The number of anilines is 1. The van der Waals surface area contributed by atoms with Crippen LogP contribution in [0.2, 0.25) is 0 Å². The Hall–Kier alpha value is -2.98. The Morgan fingerprint density at radius 3 is 2.65 bits per heavy atom. The van der Waals surface area contributed by atoms with Crippen LogP contribution in [0, 0.1) is 12.3 Å². The fourth-order valence-corrected chi connectivity index (χ4v) is 3.14. The van der Waals surface area contributed by atoms with Crippen molar-refractivity contribution < 1.29 is 34.5 Å². The summed E-state index contributed by atoms with van der Waals surface area (Å²) in [5, 5.41) is 29.5. The molecule has 31 heavy (non-hydrogen) atoms. The zero-order valence-electron chi connectivity index (χ0n) is 16.8. The molecule has 1 aliphatic rings. The van der Waals surface area contributed by atoms with E-state index in [0.29, 0.717) is 25.7 Å². The molecule has 0 bridgehead atoms. The van der Waals surface area contributed by atoms with E-state index in [9.17, 15) is 24.6 Å². The number of aliphatic hydroxyl groups is 2. The van der Waals surface area contributed by atoms with E-state index in [0.717, 1.165) is 4.57 Å². The maximum absolute atomic E-state index is 12.0. The number of hydrogen-bond donors (Lipinski definition) is 5. The van der Waals surface area contributed by atoms with Gasteiger partial charge in [0.2, 0.25) is 5.91 Å². The molecule has 170 valence electrons. The van der Waals surface area contributed by atoms with Gasteiger partial charge in [-0.1, -0.05) is 18.8 Å². The number of nitrogens with two attached hydrogens (primary N) is 1. The first-order valence-corrected chi connectivity index (χ1v) is 9.69. The molecule has 2 rings (SSSR count). The van der Waals surface area contributed by atoms with Crippen molar-refractivity contribution in [2.75, 3.05) is 12.3 Å². The van der Waals surface area contributed by atoms with Gasteiger partial charge in [-0.3, -0.25) is 19.4 Å². The van der Waals surface area contributed by atoms with E-state index in [1.807, 2.05) is 0 Å². The van der Waals surface area contributed by atoms with Gasteiger partial charge in [0.25, 0.3) is 0 Å². The number of hydroxylamine groups is 1. The lowest BCUT2D eigenvalue weighted by Gasteiger charge is -2.25. The number of carbonyl (C=O) groups is 2. The monoisotopic (exact) mass is 438 g/mol. The second-order valence-corrected chi connectivity index (χ2v) is 7.10. The molecule has 0 aliphatic carbocycles. The zero-order chi connectivity index (χ0) is 23.0. The maximum Gasteiger partial charge on any atom is 0.351 e.